The number of benzene rings is 1. The molecule has 0 heterocycles. The summed E-state index contributed by atoms with van der Waals surface area (Å²) in [4.78, 5) is 0. The van der Waals surface area contributed by atoms with Crippen molar-refractivity contribution in [3.05, 3.63) is 29.6 Å². The molecule has 0 fully saturated rings. The van der Waals surface area contributed by atoms with E-state index in [1.165, 1.54) is 6.07 Å². The quantitative estimate of drug-likeness (QED) is 0.622. The number of alkyl halides is 3. The number of anilines is 1. The molecule has 0 unspecified atom stereocenters. The van der Waals surface area contributed by atoms with Gasteiger partial charge in [-0.05, 0) is 31.0 Å². The van der Waals surface area contributed by atoms with E-state index >= 15 is 0 Å². The molecule has 0 saturated carbocycles. The van der Waals surface area contributed by atoms with Gasteiger partial charge >= 0.3 is 6.18 Å². The first kappa shape index (κ1) is 13.8. The maximum Gasteiger partial charge on any atom is 0.419 e. The van der Waals surface area contributed by atoms with E-state index < -0.39 is 17.6 Å². The van der Waals surface area contributed by atoms with Crippen LogP contribution in [0.2, 0.25) is 0 Å². The van der Waals surface area contributed by atoms with Crippen molar-refractivity contribution in [3.8, 4) is 0 Å². The van der Waals surface area contributed by atoms with E-state index in [-0.39, 0.29) is 12.3 Å². The van der Waals surface area contributed by atoms with Crippen LogP contribution in [0.4, 0.5) is 23.2 Å². The molecule has 0 aliphatic rings. The molecule has 17 heavy (non-hydrogen) atoms. The molecule has 0 amide bonds. The van der Waals surface area contributed by atoms with Crippen LogP contribution in [0.5, 0.6) is 0 Å². The molecule has 0 saturated heterocycles. The average molecular weight is 251 g/mol. The molecule has 0 atom stereocenters. The molecule has 0 spiro atoms. The monoisotopic (exact) mass is 251 g/mol. The van der Waals surface area contributed by atoms with Crippen molar-refractivity contribution in [2.75, 3.05) is 18.5 Å². The van der Waals surface area contributed by atoms with Crippen molar-refractivity contribution >= 4 is 5.69 Å². The first-order valence-electron chi connectivity index (χ1n) is 5.16. The number of aliphatic hydroxyl groups excluding tert-OH is 1. The molecule has 1 aromatic rings. The summed E-state index contributed by atoms with van der Waals surface area (Å²) in [5.41, 5.74) is -1.05. The third-order valence-corrected chi connectivity index (χ3v) is 2.19. The highest BCUT2D eigenvalue weighted by Crippen LogP contribution is 2.32. The molecule has 96 valence electrons. The van der Waals surface area contributed by atoms with Crippen LogP contribution in [0.3, 0.4) is 0 Å². The van der Waals surface area contributed by atoms with Crippen LogP contribution >= 0.6 is 0 Å². The van der Waals surface area contributed by atoms with Gasteiger partial charge < -0.3 is 10.4 Å². The second-order valence-corrected chi connectivity index (χ2v) is 3.55. The first-order chi connectivity index (χ1) is 7.95. The van der Waals surface area contributed by atoms with Crippen molar-refractivity contribution in [1.29, 1.82) is 0 Å². The summed E-state index contributed by atoms with van der Waals surface area (Å²) in [5.74, 6) is -1.28. The molecule has 6 heteroatoms. The lowest BCUT2D eigenvalue weighted by atomic mass is 10.1. The summed E-state index contributed by atoms with van der Waals surface area (Å²) in [6.45, 7) is 0.475. The molecule has 2 N–H and O–H groups in total. The van der Waals surface area contributed by atoms with Gasteiger partial charge in [-0.15, -0.1) is 0 Å². The van der Waals surface area contributed by atoms with Gasteiger partial charge in [-0.25, -0.2) is 4.39 Å². The van der Waals surface area contributed by atoms with Gasteiger partial charge in [0.2, 0.25) is 0 Å². The smallest absolute Gasteiger partial charge is 0.396 e. The number of rotatable bonds is 5. The van der Waals surface area contributed by atoms with Crippen LogP contribution in [0.1, 0.15) is 18.4 Å². The molecular formula is C11H13F4NO. The standard InChI is InChI=1S/C11H13F4NO/c12-10-4-3-8(16-5-1-2-6-17)7-9(10)11(13,14)15/h3-4,7,16-17H,1-2,5-6H2. The minimum Gasteiger partial charge on any atom is -0.396 e. The molecular weight excluding hydrogens is 238 g/mol. The van der Waals surface area contributed by atoms with Gasteiger partial charge in [0.05, 0.1) is 5.56 Å². The predicted molar refractivity (Wildman–Crippen MR) is 56.2 cm³/mol. The van der Waals surface area contributed by atoms with Gasteiger partial charge in [-0.1, -0.05) is 0 Å². The number of nitrogens with one attached hydrogen (secondary N) is 1. The minimum absolute atomic E-state index is 0.0406. The number of halogens is 4. The van der Waals surface area contributed by atoms with Gasteiger partial charge in [0, 0.05) is 18.8 Å². The lowest BCUT2D eigenvalue weighted by Crippen LogP contribution is -2.10. The Kier molecular flexibility index (Phi) is 4.74. The Hall–Kier alpha value is -1.30. The average Bonchev–Trinajstić information content (AvgIpc) is 2.25. The Balaban J connectivity index is 2.69. The second-order valence-electron chi connectivity index (χ2n) is 3.55. The van der Waals surface area contributed by atoms with Crippen LogP contribution in [0.25, 0.3) is 0 Å². The van der Waals surface area contributed by atoms with E-state index in [1.54, 1.807) is 0 Å². The zero-order chi connectivity index (χ0) is 12.9. The summed E-state index contributed by atoms with van der Waals surface area (Å²) in [7, 11) is 0. The lowest BCUT2D eigenvalue weighted by molar-refractivity contribution is -0.139. The first-order valence-corrected chi connectivity index (χ1v) is 5.16. The molecule has 0 bridgehead atoms. The summed E-state index contributed by atoms with van der Waals surface area (Å²) in [6.07, 6.45) is -3.48. The van der Waals surface area contributed by atoms with Crippen molar-refractivity contribution < 1.29 is 22.7 Å². The topological polar surface area (TPSA) is 32.3 Å². The Bertz CT molecular complexity index is 365. The van der Waals surface area contributed by atoms with Crippen LogP contribution in [0.15, 0.2) is 18.2 Å². The van der Waals surface area contributed by atoms with Gasteiger partial charge in [-0.3, -0.25) is 0 Å². The van der Waals surface area contributed by atoms with E-state index in [4.69, 9.17) is 5.11 Å². The highest BCUT2D eigenvalue weighted by Gasteiger charge is 2.34. The van der Waals surface area contributed by atoms with Crippen molar-refractivity contribution in [1.82, 2.24) is 0 Å². The van der Waals surface area contributed by atoms with E-state index in [9.17, 15) is 17.6 Å². The Morgan fingerprint density at radius 3 is 2.47 bits per heavy atom. The second kappa shape index (κ2) is 5.86. The largest absolute Gasteiger partial charge is 0.419 e. The van der Waals surface area contributed by atoms with Crippen molar-refractivity contribution in [2.24, 2.45) is 0 Å². The number of unbranched alkanes of at least 4 members (excludes halogenated alkanes) is 1. The van der Waals surface area contributed by atoms with Gasteiger partial charge in [0.25, 0.3) is 0 Å². The van der Waals surface area contributed by atoms with Crippen LogP contribution < -0.4 is 5.32 Å². The fourth-order valence-corrected chi connectivity index (χ4v) is 1.32. The Labute approximate surface area is 96.3 Å². The molecule has 0 aliphatic heterocycles. The summed E-state index contributed by atoms with van der Waals surface area (Å²) >= 11 is 0. The molecule has 2 nitrogen and oxygen atoms in total. The van der Waals surface area contributed by atoms with E-state index in [1.807, 2.05) is 0 Å². The third-order valence-electron chi connectivity index (χ3n) is 2.19. The minimum atomic E-state index is -4.69. The van der Waals surface area contributed by atoms with Crippen LogP contribution in [0, 0.1) is 5.82 Å². The zero-order valence-electron chi connectivity index (χ0n) is 9.02. The number of aliphatic hydroxyl groups is 1. The third kappa shape index (κ3) is 4.22. The predicted octanol–water partition coefficient (Wildman–Crippen LogP) is 3.03. The number of hydrogen-bond donors (Lipinski definition) is 2. The van der Waals surface area contributed by atoms with Crippen LogP contribution in [-0.2, 0) is 6.18 Å². The maximum absolute atomic E-state index is 12.9. The fraction of sp³-hybridized carbons (Fsp3) is 0.455. The van der Waals surface area contributed by atoms with E-state index in [2.05, 4.69) is 5.32 Å². The molecule has 0 radical (unpaired) electrons. The van der Waals surface area contributed by atoms with Gasteiger partial charge in [0.15, 0.2) is 0 Å². The SMILES string of the molecule is OCCCCNc1ccc(F)c(C(F)(F)F)c1. The van der Waals surface area contributed by atoms with E-state index in [0.29, 0.717) is 19.4 Å². The zero-order valence-corrected chi connectivity index (χ0v) is 9.02. The normalized spacial score (nSPS) is 11.6. The van der Waals surface area contributed by atoms with E-state index in [0.717, 1.165) is 12.1 Å². The molecule has 0 aromatic heterocycles. The molecule has 1 aromatic carbocycles. The molecule has 0 aliphatic carbocycles. The fourth-order valence-electron chi connectivity index (χ4n) is 1.32. The molecule has 1 rings (SSSR count). The highest BCUT2D eigenvalue weighted by atomic mass is 19.4. The van der Waals surface area contributed by atoms with Crippen LogP contribution in [-0.4, -0.2) is 18.3 Å². The Morgan fingerprint density at radius 1 is 1.18 bits per heavy atom. The summed E-state index contributed by atoms with van der Waals surface area (Å²) in [6, 6.07) is 2.79. The van der Waals surface area contributed by atoms with Gasteiger partial charge in [-0.2, -0.15) is 13.2 Å². The van der Waals surface area contributed by atoms with Gasteiger partial charge in [0.1, 0.15) is 5.82 Å². The number of hydrogen-bond acceptors (Lipinski definition) is 2. The highest BCUT2D eigenvalue weighted by molar-refractivity contribution is 5.47. The Morgan fingerprint density at radius 2 is 1.88 bits per heavy atom. The maximum atomic E-state index is 12.9. The summed E-state index contributed by atoms with van der Waals surface area (Å²) < 4.78 is 50.0. The van der Waals surface area contributed by atoms with Crippen molar-refractivity contribution in [2.45, 2.75) is 19.0 Å². The van der Waals surface area contributed by atoms with Crippen molar-refractivity contribution in [3.63, 3.8) is 0 Å². The summed E-state index contributed by atoms with van der Waals surface area (Å²) in [5, 5.41) is 11.3. The lowest BCUT2D eigenvalue weighted by Gasteiger charge is -2.11.